The molecule has 0 fully saturated rings. The van der Waals surface area contributed by atoms with Crippen molar-refractivity contribution in [1.29, 1.82) is 0 Å². The van der Waals surface area contributed by atoms with Crippen molar-refractivity contribution in [3.8, 4) is 10.6 Å². The highest BCUT2D eigenvalue weighted by molar-refractivity contribution is 7.71. The normalized spacial score (nSPS) is 10.2. The third-order valence-electron chi connectivity index (χ3n) is 1.78. The lowest BCUT2D eigenvalue weighted by molar-refractivity contribution is 1.14. The van der Waals surface area contributed by atoms with E-state index in [1.54, 1.807) is 17.5 Å². The van der Waals surface area contributed by atoms with E-state index in [4.69, 9.17) is 12.2 Å². The van der Waals surface area contributed by atoms with Crippen molar-refractivity contribution < 1.29 is 0 Å². The number of nitrogens with one attached hydrogen (secondary N) is 1. The van der Waals surface area contributed by atoms with Gasteiger partial charge < -0.3 is 4.98 Å². The predicted molar refractivity (Wildman–Crippen MR) is 57.5 cm³/mol. The van der Waals surface area contributed by atoms with Gasteiger partial charge in [0.05, 0.1) is 10.6 Å². The van der Waals surface area contributed by atoms with E-state index in [1.807, 2.05) is 6.07 Å². The van der Waals surface area contributed by atoms with Gasteiger partial charge in [-0.3, -0.25) is 0 Å². The Morgan fingerprint density at radius 1 is 1.46 bits per heavy atom. The minimum absolute atomic E-state index is 0.533. The number of hydrogen-bond acceptors (Lipinski definition) is 3. The number of aromatic nitrogens is 2. The van der Waals surface area contributed by atoms with Crippen molar-refractivity contribution in [2.45, 2.75) is 6.92 Å². The van der Waals surface area contributed by atoms with E-state index in [1.165, 1.54) is 10.4 Å². The van der Waals surface area contributed by atoms with Gasteiger partial charge >= 0.3 is 0 Å². The summed E-state index contributed by atoms with van der Waals surface area (Å²) in [6.07, 6.45) is 1.73. The molecule has 0 saturated carbocycles. The molecule has 0 aromatic carbocycles. The number of rotatable bonds is 1. The number of aryl methyl sites for hydroxylation is 1. The monoisotopic (exact) mass is 208 g/mol. The van der Waals surface area contributed by atoms with Gasteiger partial charge in [-0.15, -0.1) is 11.3 Å². The molecule has 0 atom stereocenters. The van der Waals surface area contributed by atoms with Gasteiger partial charge in [-0.25, -0.2) is 4.98 Å². The van der Waals surface area contributed by atoms with Gasteiger partial charge in [0.2, 0.25) is 0 Å². The number of nitrogens with zero attached hydrogens (tertiary/aromatic N) is 1. The zero-order valence-corrected chi connectivity index (χ0v) is 8.71. The quantitative estimate of drug-likeness (QED) is 0.729. The minimum atomic E-state index is 0.533. The van der Waals surface area contributed by atoms with Gasteiger partial charge in [-0.2, -0.15) is 0 Å². The van der Waals surface area contributed by atoms with Gasteiger partial charge in [-0.1, -0.05) is 0 Å². The second kappa shape index (κ2) is 3.40. The molecule has 13 heavy (non-hydrogen) atoms. The number of aromatic amines is 1. The third-order valence-corrected chi connectivity index (χ3v) is 3.04. The molecule has 0 spiro atoms. The molecular weight excluding hydrogens is 200 g/mol. The Balaban J connectivity index is 2.59. The fraction of sp³-hybridized carbons (Fsp3) is 0.111. The summed E-state index contributed by atoms with van der Waals surface area (Å²) in [6, 6.07) is 4.03. The molecule has 2 nitrogen and oxygen atoms in total. The molecule has 4 heteroatoms. The maximum absolute atomic E-state index is 4.95. The summed E-state index contributed by atoms with van der Waals surface area (Å²) in [4.78, 5) is 8.24. The maximum atomic E-state index is 4.95. The van der Waals surface area contributed by atoms with Crippen molar-refractivity contribution in [3.63, 3.8) is 0 Å². The van der Waals surface area contributed by atoms with Crippen LogP contribution in [0.15, 0.2) is 23.7 Å². The van der Waals surface area contributed by atoms with Crippen molar-refractivity contribution in [2.24, 2.45) is 0 Å². The smallest absolute Gasteiger partial charge is 0.197 e. The molecular formula is C9H8N2S2. The first-order valence-electron chi connectivity index (χ1n) is 3.87. The fourth-order valence-electron chi connectivity index (χ4n) is 1.15. The molecule has 2 rings (SSSR count). The average Bonchev–Trinajstić information content (AvgIpc) is 2.51. The Morgan fingerprint density at radius 2 is 2.31 bits per heavy atom. The van der Waals surface area contributed by atoms with Crippen LogP contribution in [-0.2, 0) is 0 Å². The molecule has 0 aliphatic carbocycles. The van der Waals surface area contributed by atoms with E-state index in [9.17, 15) is 0 Å². The highest BCUT2D eigenvalue weighted by atomic mass is 32.1. The Labute approximate surface area is 85.3 Å². The van der Waals surface area contributed by atoms with Crippen LogP contribution in [0.1, 0.15) is 5.56 Å². The summed E-state index contributed by atoms with van der Waals surface area (Å²) in [5.41, 5.74) is 2.31. The van der Waals surface area contributed by atoms with Crippen LogP contribution in [0.2, 0.25) is 0 Å². The summed E-state index contributed by atoms with van der Waals surface area (Å²) in [6.45, 7) is 2.09. The zero-order chi connectivity index (χ0) is 9.26. The fourth-order valence-corrected chi connectivity index (χ4v) is 2.23. The van der Waals surface area contributed by atoms with Crippen LogP contribution in [0.5, 0.6) is 0 Å². The molecule has 66 valence electrons. The van der Waals surface area contributed by atoms with Gasteiger partial charge in [0, 0.05) is 6.20 Å². The van der Waals surface area contributed by atoms with E-state index in [0.717, 1.165) is 5.69 Å². The van der Waals surface area contributed by atoms with Gasteiger partial charge in [0.1, 0.15) is 0 Å². The Morgan fingerprint density at radius 3 is 2.92 bits per heavy atom. The number of H-pyrrole nitrogens is 1. The maximum Gasteiger partial charge on any atom is 0.197 e. The van der Waals surface area contributed by atoms with Crippen molar-refractivity contribution >= 4 is 23.6 Å². The Bertz CT molecular complexity index is 470. The van der Waals surface area contributed by atoms with Crippen LogP contribution in [-0.4, -0.2) is 9.97 Å². The molecule has 0 bridgehead atoms. The van der Waals surface area contributed by atoms with E-state index in [-0.39, 0.29) is 0 Å². The lowest BCUT2D eigenvalue weighted by Gasteiger charge is -1.98. The lowest BCUT2D eigenvalue weighted by atomic mass is 10.2. The summed E-state index contributed by atoms with van der Waals surface area (Å²) < 4.78 is 0.533. The van der Waals surface area contributed by atoms with E-state index < -0.39 is 0 Å². The predicted octanol–water partition coefficient (Wildman–Crippen LogP) is 3.18. The molecule has 0 aliphatic heterocycles. The largest absolute Gasteiger partial charge is 0.330 e. The van der Waals surface area contributed by atoms with Gasteiger partial charge in [0.15, 0.2) is 4.77 Å². The first-order chi connectivity index (χ1) is 6.27. The molecule has 0 amide bonds. The summed E-state index contributed by atoms with van der Waals surface area (Å²) in [5, 5.41) is 2.07. The summed E-state index contributed by atoms with van der Waals surface area (Å²) in [5.74, 6) is 0. The van der Waals surface area contributed by atoms with Crippen molar-refractivity contribution in [2.75, 3.05) is 0 Å². The minimum Gasteiger partial charge on any atom is -0.330 e. The molecule has 2 aromatic rings. The molecule has 0 unspecified atom stereocenters. The van der Waals surface area contributed by atoms with Gasteiger partial charge in [-0.05, 0) is 42.2 Å². The zero-order valence-electron chi connectivity index (χ0n) is 7.07. The molecule has 2 heterocycles. The first kappa shape index (κ1) is 8.59. The topological polar surface area (TPSA) is 28.7 Å². The summed E-state index contributed by atoms with van der Waals surface area (Å²) >= 11 is 6.66. The second-order valence-corrected chi connectivity index (χ2v) is 4.02. The third kappa shape index (κ3) is 1.68. The van der Waals surface area contributed by atoms with Crippen molar-refractivity contribution in [3.05, 3.63) is 34.0 Å². The number of hydrogen-bond donors (Lipinski definition) is 1. The van der Waals surface area contributed by atoms with Crippen LogP contribution < -0.4 is 0 Å². The Kier molecular flexibility index (Phi) is 2.24. The average molecular weight is 208 g/mol. The van der Waals surface area contributed by atoms with E-state index in [0.29, 0.717) is 4.77 Å². The molecule has 2 aromatic heterocycles. The standard InChI is InChI=1S/C9H8N2S2/c1-6-3-5-13-8(6)7-2-4-10-9(12)11-7/h2-5H,1H3,(H,10,11,12). The van der Waals surface area contributed by atoms with Crippen LogP contribution in [0.3, 0.4) is 0 Å². The van der Waals surface area contributed by atoms with Crippen LogP contribution in [0, 0.1) is 11.7 Å². The van der Waals surface area contributed by atoms with Crippen LogP contribution >= 0.6 is 23.6 Å². The summed E-state index contributed by atoms with van der Waals surface area (Å²) in [7, 11) is 0. The van der Waals surface area contributed by atoms with Crippen molar-refractivity contribution in [1.82, 2.24) is 9.97 Å². The van der Waals surface area contributed by atoms with E-state index >= 15 is 0 Å². The Hall–Kier alpha value is -1.00. The SMILES string of the molecule is Cc1ccsc1-c1ccnc(=S)[nH]1. The molecule has 0 saturated heterocycles. The highest BCUT2D eigenvalue weighted by Gasteiger charge is 2.02. The molecule has 1 N–H and O–H groups in total. The highest BCUT2D eigenvalue weighted by Crippen LogP contribution is 2.26. The van der Waals surface area contributed by atoms with E-state index in [2.05, 4.69) is 28.3 Å². The van der Waals surface area contributed by atoms with Gasteiger partial charge in [0.25, 0.3) is 0 Å². The first-order valence-corrected chi connectivity index (χ1v) is 5.16. The van der Waals surface area contributed by atoms with Crippen LogP contribution in [0.25, 0.3) is 10.6 Å². The number of thiophene rings is 1. The molecule has 0 radical (unpaired) electrons. The second-order valence-electron chi connectivity index (χ2n) is 2.72. The van der Waals surface area contributed by atoms with Crippen LogP contribution in [0.4, 0.5) is 0 Å². The molecule has 0 aliphatic rings. The lowest BCUT2D eigenvalue weighted by Crippen LogP contribution is -1.84.